The first-order valence-electron chi connectivity index (χ1n) is 9.83. The monoisotopic (exact) mass is 451 g/mol. The number of ether oxygens (including phenoxy) is 1. The van der Waals surface area contributed by atoms with Crippen molar-refractivity contribution < 1.29 is 27.5 Å². The van der Waals surface area contributed by atoms with Crippen LogP contribution in [0.15, 0.2) is 24.5 Å². The molecule has 32 heavy (non-hydrogen) atoms. The number of halogens is 3. The zero-order valence-corrected chi connectivity index (χ0v) is 18.1. The molecule has 0 aliphatic carbocycles. The van der Waals surface area contributed by atoms with Gasteiger partial charge in [-0.05, 0) is 45.4 Å². The number of carbonyl (C=O) groups is 2. The summed E-state index contributed by atoms with van der Waals surface area (Å²) < 4.78 is 41.9. The predicted molar refractivity (Wildman–Crippen MR) is 110 cm³/mol. The number of amides is 2. The Labute approximate surface area is 183 Å². The van der Waals surface area contributed by atoms with E-state index < -0.39 is 30.3 Å². The first-order valence-corrected chi connectivity index (χ1v) is 9.83. The van der Waals surface area contributed by atoms with E-state index >= 15 is 0 Å². The number of hydrogen-bond acceptors (Lipinski definition) is 6. The minimum atomic E-state index is -4.46. The molecule has 11 heteroatoms. The average molecular weight is 451 g/mol. The Kier molecular flexibility index (Phi) is 6.14. The standard InChI is InChI=1S/C21H24F3N5O3/c1-11-7-13(8-27-17(11)32-10-21(22,23)24)12(2)29-9-15-14(18(29)30)5-6-26-16(15)28-19(31)20(3,4)25/h5-8,12H,9-10,25H2,1-4H3,(H,26,28,31). The van der Waals surface area contributed by atoms with Gasteiger partial charge >= 0.3 is 6.18 Å². The molecule has 1 aliphatic heterocycles. The molecule has 3 heterocycles. The van der Waals surface area contributed by atoms with E-state index in [1.54, 1.807) is 44.7 Å². The molecule has 0 saturated heterocycles. The minimum absolute atomic E-state index is 0.118. The van der Waals surface area contributed by atoms with Crippen LogP contribution < -0.4 is 15.8 Å². The second kappa shape index (κ2) is 8.38. The Morgan fingerprint density at radius 1 is 1.34 bits per heavy atom. The number of nitrogens with zero attached hydrogens (tertiary/aromatic N) is 3. The third-order valence-electron chi connectivity index (χ3n) is 5.07. The number of hydrogen-bond donors (Lipinski definition) is 2. The largest absolute Gasteiger partial charge is 0.468 e. The molecule has 0 fully saturated rings. The van der Waals surface area contributed by atoms with E-state index in [4.69, 9.17) is 10.5 Å². The Balaban J connectivity index is 1.80. The third kappa shape index (κ3) is 4.98. The number of fused-ring (bicyclic) bond motifs is 1. The van der Waals surface area contributed by atoms with Crippen molar-refractivity contribution in [2.75, 3.05) is 11.9 Å². The lowest BCUT2D eigenvalue weighted by Crippen LogP contribution is -2.45. The lowest BCUT2D eigenvalue weighted by atomic mass is 10.1. The molecule has 0 bridgehead atoms. The molecular weight excluding hydrogens is 427 g/mol. The quantitative estimate of drug-likeness (QED) is 0.698. The molecule has 0 aromatic carbocycles. The van der Waals surface area contributed by atoms with Crippen LogP contribution in [0.5, 0.6) is 5.88 Å². The van der Waals surface area contributed by atoms with Crippen molar-refractivity contribution >= 4 is 17.6 Å². The van der Waals surface area contributed by atoms with Gasteiger partial charge in [0.25, 0.3) is 5.91 Å². The number of aryl methyl sites for hydroxylation is 1. The van der Waals surface area contributed by atoms with Crippen molar-refractivity contribution in [1.82, 2.24) is 14.9 Å². The van der Waals surface area contributed by atoms with Crippen molar-refractivity contribution in [3.05, 3.63) is 46.8 Å². The van der Waals surface area contributed by atoms with Gasteiger partial charge in [-0.25, -0.2) is 9.97 Å². The van der Waals surface area contributed by atoms with Crippen LogP contribution in [0.25, 0.3) is 0 Å². The van der Waals surface area contributed by atoms with Crippen LogP contribution in [0.3, 0.4) is 0 Å². The molecule has 8 nitrogen and oxygen atoms in total. The molecule has 172 valence electrons. The summed E-state index contributed by atoms with van der Waals surface area (Å²) in [6.07, 6.45) is -1.64. The van der Waals surface area contributed by atoms with E-state index in [0.29, 0.717) is 22.3 Å². The van der Waals surface area contributed by atoms with Gasteiger partial charge in [-0.2, -0.15) is 13.2 Å². The molecule has 3 rings (SSSR count). The number of anilines is 1. The molecule has 3 N–H and O–H groups in total. The van der Waals surface area contributed by atoms with Crippen LogP contribution in [0, 0.1) is 6.92 Å². The number of aromatic nitrogens is 2. The summed E-state index contributed by atoms with van der Waals surface area (Å²) in [5.41, 5.74) is 6.72. The normalized spacial score (nSPS) is 14.9. The van der Waals surface area contributed by atoms with Crippen LogP contribution in [0.4, 0.5) is 19.0 Å². The number of carbonyl (C=O) groups excluding carboxylic acids is 2. The van der Waals surface area contributed by atoms with Crippen LogP contribution in [0.2, 0.25) is 0 Å². The van der Waals surface area contributed by atoms with Crippen LogP contribution in [-0.4, -0.2) is 45.0 Å². The summed E-state index contributed by atoms with van der Waals surface area (Å²) in [4.78, 5) is 35.0. The molecular formula is C21H24F3N5O3. The first-order chi connectivity index (χ1) is 14.8. The molecule has 1 atom stereocenters. The molecule has 1 unspecified atom stereocenters. The summed E-state index contributed by atoms with van der Waals surface area (Å²) in [7, 11) is 0. The SMILES string of the molecule is Cc1cc(C(C)N2Cc3c(ccnc3NC(=O)C(C)(C)N)C2=O)cnc1OCC(F)(F)F. The van der Waals surface area contributed by atoms with Gasteiger partial charge < -0.3 is 20.7 Å². The van der Waals surface area contributed by atoms with Gasteiger partial charge in [-0.15, -0.1) is 0 Å². The number of pyridine rings is 2. The zero-order valence-electron chi connectivity index (χ0n) is 18.1. The highest BCUT2D eigenvalue weighted by molar-refractivity contribution is 6.02. The number of rotatable bonds is 6. The maximum Gasteiger partial charge on any atom is 0.422 e. The fourth-order valence-electron chi connectivity index (χ4n) is 3.23. The van der Waals surface area contributed by atoms with Gasteiger partial charge in [0.2, 0.25) is 11.8 Å². The number of nitrogens with two attached hydrogens (primary N) is 1. The second-order valence-electron chi connectivity index (χ2n) is 8.27. The minimum Gasteiger partial charge on any atom is -0.468 e. The van der Waals surface area contributed by atoms with Crippen molar-refractivity contribution in [3.63, 3.8) is 0 Å². The number of alkyl halides is 3. The maximum atomic E-state index is 13.0. The van der Waals surface area contributed by atoms with Crippen molar-refractivity contribution in [3.8, 4) is 5.88 Å². The first kappa shape index (κ1) is 23.5. The van der Waals surface area contributed by atoms with E-state index in [1.165, 1.54) is 12.4 Å². The van der Waals surface area contributed by atoms with E-state index in [-0.39, 0.29) is 24.1 Å². The average Bonchev–Trinajstić information content (AvgIpc) is 3.03. The van der Waals surface area contributed by atoms with Gasteiger partial charge in [0.1, 0.15) is 5.82 Å². The third-order valence-corrected chi connectivity index (χ3v) is 5.07. The van der Waals surface area contributed by atoms with Gasteiger partial charge in [0, 0.05) is 29.1 Å². The molecule has 2 aromatic rings. The molecule has 2 aromatic heterocycles. The van der Waals surface area contributed by atoms with E-state index in [0.717, 1.165) is 0 Å². The van der Waals surface area contributed by atoms with Gasteiger partial charge in [0.05, 0.1) is 18.1 Å². The lowest BCUT2D eigenvalue weighted by molar-refractivity contribution is -0.154. The molecule has 2 amide bonds. The Morgan fingerprint density at radius 2 is 2.03 bits per heavy atom. The summed E-state index contributed by atoms with van der Waals surface area (Å²) in [5, 5.41) is 2.67. The number of nitrogens with one attached hydrogen (secondary N) is 1. The predicted octanol–water partition coefficient (Wildman–Crippen LogP) is 3.12. The van der Waals surface area contributed by atoms with E-state index in [9.17, 15) is 22.8 Å². The van der Waals surface area contributed by atoms with E-state index in [1.807, 2.05) is 0 Å². The fraction of sp³-hybridized carbons (Fsp3) is 0.429. The second-order valence-corrected chi connectivity index (χ2v) is 8.27. The highest BCUT2D eigenvalue weighted by Crippen LogP contribution is 2.35. The lowest BCUT2D eigenvalue weighted by Gasteiger charge is -2.25. The Hall–Kier alpha value is -3.21. The Morgan fingerprint density at radius 3 is 2.62 bits per heavy atom. The van der Waals surface area contributed by atoms with E-state index in [2.05, 4.69) is 15.3 Å². The highest BCUT2D eigenvalue weighted by Gasteiger charge is 2.35. The van der Waals surface area contributed by atoms with Crippen molar-refractivity contribution in [1.29, 1.82) is 0 Å². The zero-order chi connectivity index (χ0) is 23.8. The highest BCUT2D eigenvalue weighted by atomic mass is 19.4. The topological polar surface area (TPSA) is 110 Å². The fourth-order valence-corrected chi connectivity index (χ4v) is 3.23. The van der Waals surface area contributed by atoms with Crippen molar-refractivity contribution in [2.24, 2.45) is 5.73 Å². The van der Waals surface area contributed by atoms with Gasteiger partial charge in [-0.1, -0.05) is 0 Å². The van der Waals surface area contributed by atoms with Crippen molar-refractivity contribution in [2.45, 2.75) is 52.0 Å². The molecule has 0 saturated carbocycles. The smallest absolute Gasteiger partial charge is 0.422 e. The van der Waals surface area contributed by atoms with Gasteiger partial charge in [-0.3, -0.25) is 9.59 Å². The Bertz CT molecular complexity index is 1050. The van der Waals surface area contributed by atoms with Gasteiger partial charge in [0.15, 0.2) is 6.61 Å². The van der Waals surface area contributed by atoms with Crippen LogP contribution in [0.1, 0.15) is 53.9 Å². The summed E-state index contributed by atoms with van der Waals surface area (Å²) >= 11 is 0. The van der Waals surface area contributed by atoms with Crippen LogP contribution in [-0.2, 0) is 11.3 Å². The summed E-state index contributed by atoms with van der Waals surface area (Å²) in [6, 6.07) is 2.77. The summed E-state index contributed by atoms with van der Waals surface area (Å²) in [5.74, 6) is -0.550. The molecule has 0 spiro atoms. The van der Waals surface area contributed by atoms with Crippen LogP contribution >= 0.6 is 0 Å². The maximum absolute atomic E-state index is 13.0. The summed E-state index contributed by atoms with van der Waals surface area (Å²) in [6.45, 7) is 5.24. The molecule has 0 radical (unpaired) electrons. The molecule has 1 aliphatic rings.